The van der Waals surface area contributed by atoms with Crippen LogP contribution in [-0.4, -0.2) is 59.5 Å². The average molecular weight is 397 g/mol. The summed E-state index contributed by atoms with van der Waals surface area (Å²) in [6, 6.07) is 7.01. The second kappa shape index (κ2) is 7.27. The molecule has 0 bridgehead atoms. The molecule has 0 saturated carbocycles. The largest absolute Gasteiger partial charge is 0.381 e. The number of hydrogen-bond acceptors (Lipinski definition) is 4. The maximum Gasteiger partial charge on any atom is 0.281 e. The molecule has 1 amide bonds. The minimum Gasteiger partial charge on any atom is -0.381 e. The summed E-state index contributed by atoms with van der Waals surface area (Å²) in [4.78, 5) is 26.9. The van der Waals surface area contributed by atoms with Crippen molar-refractivity contribution in [1.29, 1.82) is 0 Å². The lowest BCUT2D eigenvalue weighted by molar-refractivity contribution is -0.486. The minimum absolute atomic E-state index is 0.104. The Morgan fingerprint density at radius 1 is 1.42 bits per heavy atom. The standard InChI is InChI=1S/C15H17BrN4O4/c16-13-4-2-1-3-12(13)14(21)19-7-6-18(15(19)17-20(22)23)9-11-5-8-24-10-11/h1-4,11H,5-10H2. The molecule has 8 nitrogen and oxygen atoms in total. The van der Waals surface area contributed by atoms with Gasteiger partial charge in [-0.3, -0.25) is 9.69 Å². The van der Waals surface area contributed by atoms with Crippen LogP contribution in [0.2, 0.25) is 0 Å². The molecular weight excluding hydrogens is 380 g/mol. The van der Waals surface area contributed by atoms with Crippen molar-refractivity contribution in [3.05, 3.63) is 44.4 Å². The van der Waals surface area contributed by atoms with Crippen molar-refractivity contribution in [3.63, 3.8) is 0 Å². The Morgan fingerprint density at radius 2 is 2.21 bits per heavy atom. The third kappa shape index (κ3) is 3.57. The van der Waals surface area contributed by atoms with Gasteiger partial charge in [-0.25, -0.2) is 10.1 Å². The highest BCUT2D eigenvalue weighted by molar-refractivity contribution is 9.10. The predicted octanol–water partition coefficient (Wildman–Crippen LogP) is 1.79. The van der Waals surface area contributed by atoms with Gasteiger partial charge in [0.1, 0.15) is 5.10 Å². The molecule has 3 rings (SSSR count). The van der Waals surface area contributed by atoms with Crippen LogP contribution in [0, 0.1) is 16.0 Å². The molecule has 24 heavy (non-hydrogen) atoms. The summed E-state index contributed by atoms with van der Waals surface area (Å²) in [6.45, 7) is 2.85. The molecule has 0 radical (unpaired) electrons. The molecule has 2 aliphatic rings. The number of ether oxygens (including phenoxy) is 1. The number of hydrogen-bond donors (Lipinski definition) is 0. The van der Waals surface area contributed by atoms with E-state index < -0.39 is 5.03 Å². The number of hydrazone groups is 1. The molecule has 9 heteroatoms. The van der Waals surface area contributed by atoms with E-state index in [2.05, 4.69) is 21.0 Å². The summed E-state index contributed by atoms with van der Waals surface area (Å²) in [5.74, 6) is 0.112. The Bertz CT molecular complexity index is 675. The summed E-state index contributed by atoms with van der Waals surface area (Å²) in [6.07, 6.45) is 0.917. The molecule has 0 aliphatic carbocycles. The topological polar surface area (TPSA) is 88.3 Å². The summed E-state index contributed by atoms with van der Waals surface area (Å²) in [5.41, 5.74) is 0.458. The first-order valence-corrected chi connectivity index (χ1v) is 8.47. The normalized spacial score (nSPS) is 22.4. The number of rotatable bonds is 4. The first-order chi connectivity index (χ1) is 11.6. The van der Waals surface area contributed by atoms with E-state index in [0.29, 0.717) is 48.8 Å². The van der Waals surface area contributed by atoms with Crippen molar-refractivity contribution in [3.8, 4) is 0 Å². The third-order valence-corrected chi connectivity index (χ3v) is 4.83. The van der Waals surface area contributed by atoms with Crippen LogP contribution >= 0.6 is 15.9 Å². The highest BCUT2D eigenvalue weighted by atomic mass is 79.9. The molecule has 1 aromatic rings. The fourth-order valence-electron chi connectivity index (χ4n) is 2.97. The molecule has 1 atom stereocenters. The maximum absolute atomic E-state index is 12.8. The number of nitro groups is 1. The molecule has 2 aliphatic heterocycles. The smallest absolute Gasteiger partial charge is 0.281 e. The Balaban J connectivity index is 1.83. The Labute approximate surface area is 147 Å². The van der Waals surface area contributed by atoms with E-state index in [4.69, 9.17) is 4.74 Å². The summed E-state index contributed by atoms with van der Waals surface area (Å²) in [7, 11) is 0. The van der Waals surface area contributed by atoms with E-state index in [1.54, 1.807) is 23.1 Å². The number of amides is 1. The molecule has 0 aromatic heterocycles. The van der Waals surface area contributed by atoms with Gasteiger partial charge < -0.3 is 9.64 Å². The van der Waals surface area contributed by atoms with Gasteiger partial charge >= 0.3 is 0 Å². The fourth-order valence-corrected chi connectivity index (χ4v) is 3.42. The van der Waals surface area contributed by atoms with Crippen LogP contribution in [0.1, 0.15) is 16.8 Å². The number of carbonyl (C=O) groups excluding carboxylic acids is 1. The number of benzene rings is 1. The van der Waals surface area contributed by atoms with Gasteiger partial charge in [0.05, 0.1) is 12.2 Å². The predicted molar refractivity (Wildman–Crippen MR) is 90.1 cm³/mol. The SMILES string of the molecule is O=C(c1ccccc1Br)N1CCN(CC2CCOC2)C1=N[N+](=O)[O-]. The van der Waals surface area contributed by atoms with Crippen molar-refractivity contribution in [2.75, 3.05) is 32.8 Å². The molecule has 2 heterocycles. The van der Waals surface area contributed by atoms with Gasteiger partial charge in [-0.05, 0) is 34.5 Å². The van der Waals surface area contributed by atoms with Crippen LogP contribution < -0.4 is 0 Å². The fraction of sp³-hybridized carbons (Fsp3) is 0.467. The molecule has 1 aromatic carbocycles. The van der Waals surface area contributed by atoms with Gasteiger partial charge in [-0.2, -0.15) is 0 Å². The Kier molecular flexibility index (Phi) is 5.10. The highest BCUT2D eigenvalue weighted by Crippen LogP contribution is 2.22. The zero-order valence-corrected chi connectivity index (χ0v) is 14.5. The van der Waals surface area contributed by atoms with Crippen molar-refractivity contribution >= 4 is 27.8 Å². The molecule has 1 unspecified atom stereocenters. The lowest BCUT2D eigenvalue weighted by atomic mass is 10.1. The minimum atomic E-state index is -0.751. The van der Waals surface area contributed by atoms with E-state index in [1.165, 1.54) is 4.90 Å². The third-order valence-electron chi connectivity index (χ3n) is 4.14. The summed E-state index contributed by atoms with van der Waals surface area (Å²) < 4.78 is 6.01. The lowest BCUT2D eigenvalue weighted by Crippen LogP contribution is -2.40. The molecule has 2 saturated heterocycles. The second-order valence-corrected chi connectivity index (χ2v) is 6.60. The van der Waals surface area contributed by atoms with Crippen molar-refractivity contribution in [2.45, 2.75) is 6.42 Å². The van der Waals surface area contributed by atoms with Crippen LogP contribution in [0.25, 0.3) is 0 Å². The van der Waals surface area contributed by atoms with E-state index in [1.807, 2.05) is 6.07 Å². The Hall–Kier alpha value is -2.00. The number of carbonyl (C=O) groups is 1. The van der Waals surface area contributed by atoms with E-state index in [-0.39, 0.29) is 11.9 Å². The van der Waals surface area contributed by atoms with Crippen LogP contribution in [0.5, 0.6) is 0 Å². The average Bonchev–Trinajstić information content (AvgIpc) is 3.18. The van der Waals surface area contributed by atoms with Gasteiger partial charge in [0.15, 0.2) is 5.03 Å². The van der Waals surface area contributed by atoms with Crippen molar-refractivity contribution < 1.29 is 14.6 Å². The van der Waals surface area contributed by atoms with Gasteiger partial charge in [-0.15, -0.1) is 0 Å². The van der Waals surface area contributed by atoms with Gasteiger partial charge in [0.25, 0.3) is 11.9 Å². The molecular formula is C15H17BrN4O4. The van der Waals surface area contributed by atoms with Gasteiger partial charge in [0.2, 0.25) is 0 Å². The quantitative estimate of drug-likeness (QED) is 0.571. The molecule has 2 fully saturated rings. The second-order valence-electron chi connectivity index (χ2n) is 5.75. The monoisotopic (exact) mass is 396 g/mol. The van der Waals surface area contributed by atoms with Crippen LogP contribution in [0.15, 0.2) is 33.8 Å². The van der Waals surface area contributed by atoms with E-state index in [0.717, 1.165) is 6.42 Å². The molecule has 0 N–H and O–H groups in total. The number of guanidine groups is 1. The summed E-state index contributed by atoms with van der Waals surface area (Å²) >= 11 is 3.35. The maximum atomic E-state index is 12.8. The van der Waals surface area contributed by atoms with Crippen LogP contribution in [-0.2, 0) is 4.74 Å². The first kappa shape index (κ1) is 16.8. The van der Waals surface area contributed by atoms with Crippen molar-refractivity contribution in [2.24, 2.45) is 11.0 Å². The number of halogens is 1. The molecule has 128 valence electrons. The lowest BCUT2D eigenvalue weighted by Gasteiger charge is -2.22. The van der Waals surface area contributed by atoms with E-state index >= 15 is 0 Å². The molecule has 0 spiro atoms. The van der Waals surface area contributed by atoms with Crippen LogP contribution in [0.4, 0.5) is 0 Å². The highest BCUT2D eigenvalue weighted by Gasteiger charge is 2.36. The van der Waals surface area contributed by atoms with E-state index in [9.17, 15) is 14.9 Å². The number of nitrogens with zero attached hydrogens (tertiary/aromatic N) is 4. The zero-order valence-electron chi connectivity index (χ0n) is 12.9. The first-order valence-electron chi connectivity index (χ1n) is 7.68. The van der Waals surface area contributed by atoms with Crippen LogP contribution in [0.3, 0.4) is 0 Å². The zero-order chi connectivity index (χ0) is 17.1. The summed E-state index contributed by atoms with van der Waals surface area (Å²) in [5, 5.41) is 13.6. The Morgan fingerprint density at radius 3 is 2.88 bits per heavy atom. The van der Waals surface area contributed by atoms with Crippen molar-refractivity contribution in [1.82, 2.24) is 9.80 Å². The van der Waals surface area contributed by atoms with Gasteiger partial charge in [0, 0.05) is 36.6 Å². The van der Waals surface area contributed by atoms with Gasteiger partial charge in [-0.1, -0.05) is 12.1 Å².